The minimum absolute atomic E-state index is 0.279. The van der Waals surface area contributed by atoms with E-state index in [0.717, 1.165) is 24.0 Å². The lowest BCUT2D eigenvalue weighted by atomic mass is 9.79. The Morgan fingerprint density at radius 1 is 1.57 bits per heavy atom. The van der Waals surface area contributed by atoms with Crippen LogP contribution in [-0.2, 0) is 4.79 Å². The normalized spacial score (nSPS) is 22.4. The molecule has 1 aliphatic carbocycles. The van der Waals surface area contributed by atoms with Gasteiger partial charge in [0.15, 0.2) is 5.78 Å². The van der Waals surface area contributed by atoms with E-state index in [1.165, 1.54) is 5.57 Å². The Balaban J connectivity index is 2.89. The van der Waals surface area contributed by atoms with Gasteiger partial charge in [-0.2, -0.15) is 0 Å². The summed E-state index contributed by atoms with van der Waals surface area (Å²) in [6.45, 7) is 11.6. The number of rotatable bonds is 3. The van der Waals surface area contributed by atoms with Gasteiger partial charge in [0, 0.05) is 6.42 Å². The Bertz CT molecular complexity index is 307. The fourth-order valence-corrected chi connectivity index (χ4v) is 1.86. The first kappa shape index (κ1) is 11.0. The van der Waals surface area contributed by atoms with Crippen LogP contribution in [0.4, 0.5) is 0 Å². The molecular formula is C13H18O. The largest absolute Gasteiger partial charge is 0.295 e. The molecule has 0 aliphatic heterocycles. The molecule has 0 amide bonds. The van der Waals surface area contributed by atoms with Crippen molar-refractivity contribution in [3.05, 3.63) is 36.0 Å². The summed E-state index contributed by atoms with van der Waals surface area (Å²) < 4.78 is 0. The summed E-state index contributed by atoms with van der Waals surface area (Å²) in [4.78, 5) is 11.7. The molecule has 0 saturated heterocycles. The van der Waals surface area contributed by atoms with Crippen LogP contribution in [-0.4, -0.2) is 5.78 Å². The third kappa shape index (κ3) is 2.22. The van der Waals surface area contributed by atoms with Gasteiger partial charge in [0.05, 0.1) is 0 Å². The lowest BCUT2D eigenvalue weighted by molar-refractivity contribution is -0.116. The van der Waals surface area contributed by atoms with Gasteiger partial charge in [-0.05, 0) is 38.2 Å². The molecule has 1 aliphatic rings. The van der Waals surface area contributed by atoms with Crippen molar-refractivity contribution in [2.24, 2.45) is 5.92 Å². The highest BCUT2D eigenvalue weighted by Gasteiger charge is 2.24. The summed E-state index contributed by atoms with van der Waals surface area (Å²) >= 11 is 0. The van der Waals surface area contributed by atoms with Crippen molar-refractivity contribution in [1.29, 1.82) is 0 Å². The quantitative estimate of drug-likeness (QED) is 0.623. The van der Waals surface area contributed by atoms with Gasteiger partial charge < -0.3 is 0 Å². The molecule has 0 bridgehead atoms. The van der Waals surface area contributed by atoms with Gasteiger partial charge in [-0.3, -0.25) is 4.79 Å². The third-order valence-electron chi connectivity index (χ3n) is 2.96. The first-order valence-corrected chi connectivity index (χ1v) is 5.04. The zero-order chi connectivity index (χ0) is 10.7. The van der Waals surface area contributed by atoms with Crippen molar-refractivity contribution < 1.29 is 4.79 Å². The highest BCUT2D eigenvalue weighted by Crippen LogP contribution is 2.32. The molecule has 0 aromatic carbocycles. The first-order valence-electron chi connectivity index (χ1n) is 5.04. The second-order valence-corrected chi connectivity index (χ2v) is 4.10. The molecule has 1 nitrogen and oxygen atoms in total. The fourth-order valence-electron chi connectivity index (χ4n) is 1.86. The molecule has 0 saturated carbocycles. The van der Waals surface area contributed by atoms with Gasteiger partial charge in [0.1, 0.15) is 0 Å². The van der Waals surface area contributed by atoms with Crippen molar-refractivity contribution >= 4 is 5.78 Å². The van der Waals surface area contributed by atoms with E-state index in [2.05, 4.69) is 13.2 Å². The van der Waals surface area contributed by atoms with Crippen LogP contribution in [0.1, 0.15) is 33.1 Å². The molecule has 0 aromatic rings. The van der Waals surface area contributed by atoms with Crippen LogP contribution in [0.5, 0.6) is 0 Å². The Hall–Kier alpha value is -1.11. The average molecular weight is 190 g/mol. The predicted octanol–water partition coefficient (Wildman–Crippen LogP) is 3.43. The zero-order valence-electron chi connectivity index (χ0n) is 9.10. The van der Waals surface area contributed by atoms with Gasteiger partial charge in [-0.15, -0.1) is 6.58 Å². The average Bonchev–Trinajstić information content (AvgIpc) is 2.12. The lowest BCUT2D eigenvalue weighted by Gasteiger charge is -2.24. The smallest absolute Gasteiger partial charge is 0.159 e. The van der Waals surface area contributed by atoms with E-state index in [1.807, 2.05) is 19.9 Å². The molecular weight excluding hydrogens is 172 g/mol. The Labute approximate surface area is 86.2 Å². The van der Waals surface area contributed by atoms with E-state index in [4.69, 9.17) is 0 Å². The summed E-state index contributed by atoms with van der Waals surface area (Å²) in [5, 5.41) is 0. The molecule has 14 heavy (non-hydrogen) atoms. The third-order valence-corrected chi connectivity index (χ3v) is 2.96. The van der Waals surface area contributed by atoms with Crippen molar-refractivity contribution in [2.75, 3.05) is 0 Å². The molecule has 0 unspecified atom stereocenters. The molecule has 0 N–H and O–H groups in total. The number of Topliss-reactive ketones (excluding diaryl/α,β-unsaturated/α-hetero) is 1. The molecule has 0 fully saturated rings. The lowest BCUT2D eigenvalue weighted by Crippen LogP contribution is -2.18. The molecule has 0 spiro atoms. The maximum atomic E-state index is 11.7. The van der Waals surface area contributed by atoms with Gasteiger partial charge in [0.25, 0.3) is 0 Å². The molecule has 0 radical (unpaired) electrons. The van der Waals surface area contributed by atoms with Crippen LogP contribution in [0.2, 0.25) is 0 Å². The van der Waals surface area contributed by atoms with Crippen LogP contribution in [0, 0.1) is 5.92 Å². The van der Waals surface area contributed by atoms with Crippen molar-refractivity contribution in [3.8, 4) is 0 Å². The van der Waals surface area contributed by atoms with Crippen LogP contribution in [0.25, 0.3) is 0 Å². The number of allylic oxidation sites excluding steroid dienone is 4. The summed E-state index contributed by atoms with van der Waals surface area (Å²) in [6.07, 6.45) is 4.33. The first-order chi connectivity index (χ1) is 6.56. The second kappa shape index (κ2) is 4.41. The fraction of sp³-hybridized carbons (Fsp3) is 0.462. The number of hydrogen-bond acceptors (Lipinski definition) is 1. The molecule has 0 heterocycles. The van der Waals surface area contributed by atoms with E-state index in [9.17, 15) is 4.79 Å². The maximum Gasteiger partial charge on any atom is 0.159 e. The summed E-state index contributed by atoms with van der Waals surface area (Å²) in [5.74, 6) is 0.627. The van der Waals surface area contributed by atoms with Crippen molar-refractivity contribution in [3.63, 3.8) is 0 Å². The SMILES string of the molecule is C=CCC1=C(C)C(=O)C[C@@H](C(=C)C)C1. The molecule has 0 aromatic heterocycles. The summed E-state index contributed by atoms with van der Waals surface area (Å²) in [5.41, 5.74) is 3.30. The number of carbonyl (C=O) groups excluding carboxylic acids is 1. The highest BCUT2D eigenvalue weighted by molar-refractivity contribution is 5.96. The van der Waals surface area contributed by atoms with E-state index in [0.29, 0.717) is 12.3 Å². The minimum atomic E-state index is 0.279. The number of ketones is 1. The highest BCUT2D eigenvalue weighted by atomic mass is 16.1. The Morgan fingerprint density at radius 3 is 2.71 bits per heavy atom. The van der Waals surface area contributed by atoms with E-state index >= 15 is 0 Å². The van der Waals surface area contributed by atoms with Gasteiger partial charge in [-0.25, -0.2) is 0 Å². The second-order valence-electron chi connectivity index (χ2n) is 4.10. The van der Waals surface area contributed by atoms with Gasteiger partial charge >= 0.3 is 0 Å². The Morgan fingerprint density at radius 2 is 2.21 bits per heavy atom. The monoisotopic (exact) mass is 190 g/mol. The topological polar surface area (TPSA) is 17.1 Å². The van der Waals surface area contributed by atoms with E-state index in [1.54, 1.807) is 0 Å². The van der Waals surface area contributed by atoms with Crippen LogP contribution >= 0.6 is 0 Å². The molecule has 1 heteroatoms. The standard InChI is InChI=1S/C13H18O/c1-5-6-11-7-12(9(2)3)8-13(14)10(11)4/h5,12H,1-2,6-8H2,3-4H3/t12-/m0/s1. The van der Waals surface area contributed by atoms with Crippen LogP contribution in [0.15, 0.2) is 36.0 Å². The van der Waals surface area contributed by atoms with Crippen LogP contribution in [0.3, 0.4) is 0 Å². The predicted molar refractivity (Wildman–Crippen MR) is 60.1 cm³/mol. The minimum Gasteiger partial charge on any atom is -0.295 e. The zero-order valence-corrected chi connectivity index (χ0v) is 9.10. The maximum absolute atomic E-state index is 11.7. The Kier molecular flexibility index (Phi) is 3.45. The number of carbonyl (C=O) groups is 1. The number of hydrogen-bond donors (Lipinski definition) is 0. The molecule has 1 rings (SSSR count). The van der Waals surface area contributed by atoms with Crippen molar-refractivity contribution in [2.45, 2.75) is 33.1 Å². The van der Waals surface area contributed by atoms with Gasteiger partial charge in [-0.1, -0.05) is 23.8 Å². The van der Waals surface area contributed by atoms with Crippen LogP contribution < -0.4 is 0 Å². The molecule has 76 valence electrons. The van der Waals surface area contributed by atoms with Gasteiger partial charge in [0.2, 0.25) is 0 Å². The summed E-state index contributed by atoms with van der Waals surface area (Å²) in [7, 11) is 0. The summed E-state index contributed by atoms with van der Waals surface area (Å²) in [6, 6.07) is 0. The van der Waals surface area contributed by atoms with Crippen molar-refractivity contribution in [1.82, 2.24) is 0 Å². The van der Waals surface area contributed by atoms with E-state index < -0.39 is 0 Å². The van der Waals surface area contributed by atoms with E-state index in [-0.39, 0.29) is 5.78 Å². The molecule has 1 atom stereocenters.